The molecule has 140 valence electrons. The zero-order valence-corrected chi connectivity index (χ0v) is 15.5. The summed E-state index contributed by atoms with van der Waals surface area (Å²) < 4.78 is 13.0. The summed E-state index contributed by atoms with van der Waals surface area (Å²) in [5.41, 5.74) is 0.463. The van der Waals surface area contributed by atoms with Crippen LogP contribution in [0.2, 0.25) is 0 Å². The summed E-state index contributed by atoms with van der Waals surface area (Å²) in [7, 11) is 0. The largest absolute Gasteiger partial charge is 0.388 e. The highest BCUT2D eigenvalue weighted by atomic mass is 35.5. The molecule has 2 heterocycles. The first-order chi connectivity index (χ1) is 11.5. The predicted octanol–water partition coefficient (Wildman–Crippen LogP) is 2.91. The normalized spacial score (nSPS) is 26.0. The van der Waals surface area contributed by atoms with Crippen LogP contribution in [0.3, 0.4) is 0 Å². The van der Waals surface area contributed by atoms with Gasteiger partial charge in [-0.15, -0.1) is 12.4 Å². The first-order valence-electron chi connectivity index (χ1n) is 8.93. The van der Waals surface area contributed by atoms with E-state index in [0.717, 1.165) is 44.3 Å². The minimum Gasteiger partial charge on any atom is -0.388 e. The molecule has 1 amide bonds. The van der Waals surface area contributed by atoms with Crippen molar-refractivity contribution in [3.05, 3.63) is 35.6 Å². The van der Waals surface area contributed by atoms with E-state index in [1.54, 1.807) is 12.1 Å². The average Bonchev–Trinajstić information content (AvgIpc) is 2.62. The van der Waals surface area contributed by atoms with Gasteiger partial charge in [-0.25, -0.2) is 4.39 Å². The van der Waals surface area contributed by atoms with Gasteiger partial charge in [0.15, 0.2) is 0 Å². The van der Waals surface area contributed by atoms with Gasteiger partial charge in [-0.1, -0.05) is 12.1 Å². The molecule has 2 saturated heterocycles. The zero-order chi connectivity index (χ0) is 17.2. The van der Waals surface area contributed by atoms with E-state index in [4.69, 9.17) is 0 Å². The number of halogens is 2. The number of nitrogens with zero attached hydrogens (tertiary/aromatic N) is 1. The molecule has 2 atom stereocenters. The topological polar surface area (TPSA) is 52.6 Å². The number of piperidine rings is 2. The quantitative estimate of drug-likeness (QED) is 0.860. The predicted molar refractivity (Wildman–Crippen MR) is 98.1 cm³/mol. The second-order valence-electron chi connectivity index (χ2n) is 7.47. The van der Waals surface area contributed by atoms with Crippen molar-refractivity contribution in [2.75, 3.05) is 26.2 Å². The fraction of sp³-hybridized carbons (Fsp3) is 0.632. The fourth-order valence-corrected chi connectivity index (χ4v) is 3.97. The minimum absolute atomic E-state index is 0. The van der Waals surface area contributed by atoms with Crippen LogP contribution in [-0.4, -0.2) is 42.1 Å². The molecule has 1 aromatic rings. The van der Waals surface area contributed by atoms with Gasteiger partial charge in [0.25, 0.3) is 0 Å². The summed E-state index contributed by atoms with van der Waals surface area (Å²) in [5.74, 6) is 0.0712. The third kappa shape index (κ3) is 4.52. The number of likely N-dealkylation sites (tertiary alicyclic amines) is 1. The number of carbonyl (C=O) groups is 1. The maximum absolute atomic E-state index is 13.0. The number of hydrogen-bond acceptors (Lipinski definition) is 3. The molecule has 3 rings (SSSR count). The Labute approximate surface area is 155 Å². The molecule has 2 fully saturated rings. The maximum atomic E-state index is 13.0. The number of benzene rings is 1. The smallest absolute Gasteiger partial charge is 0.229 e. The summed E-state index contributed by atoms with van der Waals surface area (Å²) in [4.78, 5) is 14.8. The molecule has 0 bridgehead atoms. The Bertz CT molecular complexity index is 567. The molecule has 0 spiro atoms. The Morgan fingerprint density at radius 3 is 2.52 bits per heavy atom. The van der Waals surface area contributed by atoms with Crippen LogP contribution in [-0.2, 0) is 4.79 Å². The third-order valence-corrected chi connectivity index (χ3v) is 5.60. The monoisotopic (exact) mass is 370 g/mol. The van der Waals surface area contributed by atoms with Crippen molar-refractivity contribution < 1.29 is 14.3 Å². The molecule has 6 heteroatoms. The van der Waals surface area contributed by atoms with Gasteiger partial charge in [0.2, 0.25) is 5.91 Å². The van der Waals surface area contributed by atoms with Crippen molar-refractivity contribution in [2.45, 2.75) is 38.7 Å². The van der Waals surface area contributed by atoms with Gasteiger partial charge in [-0.3, -0.25) is 4.79 Å². The van der Waals surface area contributed by atoms with E-state index in [2.05, 4.69) is 12.2 Å². The number of nitrogens with one attached hydrogen (secondary N) is 1. The van der Waals surface area contributed by atoms with Crippen molar-refractivity contribution >= 4 is 18.3 Å². The Hall–Kier alpha value is -1.17. The molecular formula is C19H28ClFN2O2. The molecule has 0 aromatic heterocycles. The van der Waals surface area contributed by atoms with E-state index < -0.39 is 6.10 Å². The number of rotatable bonds is 3. The lowest BCUT2D eigenvalue weighted by atomic mass is 9.80. The highest BCUT2D eigenvalue weighted by molar-refractivity contribution is 5.85. The molecule has 2 N–H and O–H groups in total. The van der Waals surface area contributed by atoms with Crippen molar-refractivity contribution in [3.8, 4) is 0 Å². The Morgan fingerprint density at radius 2 is 1.96 bits per heavy atom. The van der Waals surface area contributed by atoms with Gasteiger partial charge < -0.3 is 15.3 Å². The second kappa shape index (κ2) is 8.47. The lowest BCUT2D eigenvalue weighted by molar-refractivity contribution is -0.144. The van der Waals surface area contributed by atoms with Gasteiger partial charge in [0.05, 0.1) is 11.5 Å². The molecule has 1 aromatic carbocycles. The highest BCUT2D eigenvalue weighted by Gasteiger charge is 2.39. The average molecular weight is 371 g/mol. The second-order valence-corrected chi connectivity index (χ2v) is 7.47. The number of hydrogen-bond donors (Lipinski definition) is 2. The van der Waals surface area contributed by atoms with Crippen LogP contribution in [0.1, 0.15) is 44.3 Å². The SMILES string of the molecule is CC1(C(=O)N2CCC(C(O)c3ccc(F)cc3)CC2)CCCNC1.Cl. The van der Waals surface area contributed by atoms with Crippen molar-refractivity contribution in [1.82, 2.24) is 10.2 Å². The van der Waals surface area contributed by atoms with Gasteiger partial charge >= 0.3 is 0 Å². The fourth-order valence-electron chi connectivity index (χ4n) is 3.97. The molecule has 0 radical (unpaired) electrons. The number of amides is 1. The van der Waals surface area contributed by atoms with E-state index in [9.17, 15) is 14.3 Å². The molecule has 0 saturated carbocycles. The van der Waals surface area contributed by atoms with E-state index in [1.165, 1.54) is 12.1 Å². The zero-order valence-electron chi connectivity index (χ0n) is 14.7. The molecule has 0 aliphatic carbocycles. The van der Waals surface area contributed by atoms with Crippen molar-refractivity contribution in [1.29, 1.82) is 0 Å². The Kier molecular flexibility index (Phi) is 6.83. The van der Waals surface area contributed by atoms with E-state index in [1.807, 2.05) is 4.90 Å². The van der Waals surface area contributed by atoms with E-state index >= 15 is 0 Å². The number of aliphatic hydroxyl groups excluding tert-OH is 1. The summed E-state index contributed by atoms with van der Waals surface area (Å²) in [5, 5.41) is 13.9. The van der Waals surface area contributed by atoms with Crippen molar-refractivity contribution in [3.63, 3.8) is 0 Å². The summed E-state index contributed by atoms with van der Waals surface area (Å²) in [6.45, 7) is 5.19. The highest BCUT2D eigenvalue weighted by Crippen LogP contribution is 2.34. The molecule has 4 nitrogen and oxygen atoms in total. The lowest BCUT2D eigenvalue weighted by Gasteiger charge is -2.41. The summed E-state index contributed by atoms with van der Waals surface area (Å²) in [6.07, 6.45) is 2.97. The van der Waals surface area contributed by atoms with Gasteiger partial charge in [-0.2, -0.15) is 0 Å². The molecular weight excluding hydrogens is 343 g/mol. The Morgan fingerprint density at radius 1 is 1.32 bits per heavy atom. The van der Waals surface area contributed by atoms with Crippen LogP contribution in [0, 0.1) is 17.2 Å². The number of aliphatic hydroxyl groups is 1. The minimum atomic E-state index is -0.588. The van der Waals surface area contributed by atoms with Crippen LogP contribution < -0.4 is 5.32 Å². The Balaban J connectivity index is 0.00000225. The first-order valence-corrected chi connectivity index (χ1v) is 8.93. The van der Waals surface area contributed by atoms with Crippen LogP contribution in [0.15, 0.2) is 24.3 Å². The van der Waals surface area contributed by atoms with Gasteiger partial charge in [0, 0.05) is 19.6 Å². The van der Waals surface area contributed by atoms with Crippen LogP contribution in [0.25, 0.3) is 0 Å². The molecule has 2 aliphatic rings. The van der Waals surface area contributed by atoms with Gasteiger partial charge in [-0.05, 0) is 62.8 Å². The lowest BCUT2D eigenvalue weighted by Crippen LogP contribution is -2.52. The van der Waals surface area contributed by atoms with Gasteiger partial charge in [0.1, 0.15) is 5.82 Å². The van der Waals surface area contributed by atoms with E-state index in [-0.39, 0.29) is 35.5 Å². The molecule has 25 heavy (non-hydrogen) atoms. The van der Waals surface area contributed by atoms with Crippen LogP contribution in [0.4, 0.5) is 4.39 Å². The summed E-state index contributed by atoms with van der Waals surface area (Å²) in [6, 6.07) is 6.06. The standard InChI is InChI=1S/C19H27FN2O2.ClH/c1-19(9-2-10-21-13-19)18(24)22-11-7-15(8-12-22)17(23)14-3-5-16(20)6-4-14;/h3-6,15,17,21,23H,2,7-13H2,1H3;1H. The molecule has 2 aliphatic heterocycles. The van der Waals surface area contributed by atoms with Crippen molar-refractivity contribution in [2.24, 2.45) is 11.3 Å². The van der Waals surface area contributed by atoms with Crippen LogP contribution >= 0.6 is 12.4 Å². The molecule has 2 unspecified atom stereocenters. The number of carbonyl (C=O) groups excluding carboxylic acids is 1. The maximum Gasteiger partial charge on any atom is 0.229 e. The van der Waals surface area contributed by atoms with Crippen LogP contribution in [0.5, 0.6) is 0 Å². The third-order valence-electron chi connectivity index (χ3n) is 5.60. The summed E-state index contributed by atoms with van der Waals surface area (Å²) >= 11 is 0. The first kappa shape index (κ1) is 20.1. The van der Waals surface area contributed by atoms with E-state index in [0.29, 0.717) is 13.1 Å².